The van der Waals surface area contributed by atoms with Crippen LogP contribution in [0.5, 0.6) is 0 Å². The zero-order valence-corrected chi connectivity index (χ0v) is 17.6. The number of aromatic nitrogens is 1. The first-order valence-corrected chi connectivity index (χ1v) is 10.4. The van der Waals surface area contributed by atoms with Crippen molar-refractivity contribution < 1.29 is 0 Å². The van der Waals surface area contributed by atoms with Gasteiger partial charge >= 0.3 is 0 Å². The molecule has 6 aromatic rings. The lowest BCUT2D eigenvalue weighted by Gasteiger charge is -2.15. The number of hydrogen-bond donors (Lipinski definition) is 0. The predicted octanol–water partition coefficient (Wildman–Crippen LogP) is 8.37. The molecule has 5 heteroatoms. The van der Waals surface area contributed by atoms with E-state index in [9.17, 15) is 5.26 Å². The predicted molar refractivity (Wildman–Crippen MR) is 135 cm³/mol. The van der Waals surface area contributed by atoms with Gasteiger partial charge < -0.3 is 0 Å². The molecule has 6 rings (SSSR count). The summed E-state index contributed by atoms with van der Waals surface area (Å²) in [6, 6.07) is 22.1. The van der Waals surface area contributed by atoms with Gasteiger partial charge in [-0.15, -0.1) is 0 Å². The van der Waals surface area contributed by atoms with Crippen molar-refractivity contribution in [3.05, 3.63) is 107 Å². The highest BCUT2D eigenvalue weighted by Gasteiger charge is 2.22. The molecule has 0 unspecified atom stereocenters. The molecule has 0 atom stereocenters. The molecule has 0 aliphatic heterocycles. The van der Waals surface area contributed by atoms with E-state index in [1.54, 1.807) is 6.20 Å². The Morgan fingerprint density at radius 1 is 0.647 bits per heavy atom. The second kappa shape index (κ2) is 7.01. The van der Waals surface area contributed by atoms with Crippen molar-refractivity contribution >= 4 is 71.1 Å². The Kier molecular flexibility index (Phi) is 3.96. The van der Waals surface area contributed by atoms with Crippen LogP contribution in [0.2, 0.25) is 0 Å². The van der Waals surface area contributed by atoms with Crippen LogP contribution in [0, 0.1) is 31.0 Å². The van der Waals surface area contributed by atoms with Gasteiger partial charge in [0.05, 0.1) is 36.9 Å². The highest BCUT2D eigenvalue weighted by molar-refractivity contribution is 6.32. The molecule has 0 fully saturated rings. The largest absolute Gasteiger partial charge is 0.262 e. The van der Waals surface area contributed by atoms with Gasteiger partial charge in [-0.25, -0.2) is 0 Å². The lowest BCUT2D eigenvalue weighted by atomic mass is 9.90. The first-order chi connectivity index (χ1) is 16.7. The van der Waals surface area contributed by atoms with Crippen LogP contribution < -0.4 is 0 Å². The van der Waals surface area contributed by atoms with Gasteiger partial charge in [-0.05, 0) is 49.8 Å². The van der Waals surface area contributed by atoms with Gasteiger partial charge in [0.2, 0.25) is 11.4 Å². The lowest BCUT2D eigenvalue weighted by molar-refractivity contribution is 1.43. The molecule has 34 heavy (non-hydrogen) atoms. The number of nitrogens with zero attached hydrogens (tertiary/aromatic N) is 5. The Labute approximate surface area is 194 Å². The van der Waals surface area contributed by atoms with E-state index in [0.29, 0.717) is 10.8 Å². The second-order valence-corrected chi connectivity index (χ2v) is 7.92. The molecule has 0 radical (unpaired) electrons. The summed E-state index contributed by atoms with van der Waals surface area (Å²) in [5.41, 5.74) is 0.960. The molecule has 0 spiro atoms. The van der Waals surface area contributed by atoms with Crippen molar-refractivity contribution in [1.29, 1.82) is 5.26 Å². The van der Waals surface area contributed by atoms with E-state index in [2.05, 4.69) is 44.9 Å². The minimum absolute atomic E-state index is 0.0642. The average Bonchev–Trinajstić information content (AvgIpc) is 2.90. The van der Waals surface area contributed by atoms with Crippen molar-refractivity contribution in [1.82, 2.24) is 4.98 Å². The Bertz CT molecular complexity index is 2060. The summed E-state index contributed by atoms with van der Waals surface area (Å²) >= 11 is 0. The van der Waals surface area contributed by atoms with Gasteiger partial charge in [-0.1, -0.05) is 48.5 Å². The molecule has 5 nitrogen and oxygen atoms in total. The molecule has 152 valence electrons. The highest BCUT2D eigenvalue weighted by atomic mass is 14.8. The Morgan fingerprint density at radius 3 is 2.12 bits per heavy atom. The molecule has 0 saturated carbocycles. The van der Waals surface area contributed by atoms with Crippen molar-refractivity contribution in [2.45, 2.75) is 0 Å². The third-order valence-electron chi connectivity index (χ3n) is 6.37. The maximum Gasteiger partial charge on any atom is 0.202 e. The lowest BCUT2D eigenvalue weighted by Crippen LogP contribution is -1.89. The Balaban J connectivity index is 1.99. The molecule has 0 saturated heterocycles. The summed E-state index contributed by atoms with van der Waals surface area (Å²) in [6.45, 7) is 22.9. The zero-order chi connectivity index (χ0) is 23.4. The van der Waals surface area contributed by atoms with Crippen LogP contribution in [0.3, 0.4) is 0 Å². The summed E-state index contributed by atoms with van der Waals surface area (Å²) in [5, 5.41) is 17.8. The van der Waals surface area contributed by atoms with Gasteiger partial charge in [0, 0.05) is 17.0 Å². The Hall–Kier alpha value is -5.49. The minimum Gasteiger partial charge on any atom is -0.262 e. The molecular formula is C29H11N5. The van der Waals surface area contributed by atoms with E-state index >= 15 is 0 Å². The second-order valence-electron chi connectivity index (χ2n) is 7.92. The maximum atomic E-state index is 9.92. The fourth-order valence-corrected chi connectivity index (χ4v) is 4.95. The number of rotatable bonds is 0. The first-order valence-electron chi connectivity index (χ1n) is 10.4. The molecular weight excluding hydrogens is 418 g/mol. The highest BCUT2D eigenvalue weighted by Crippen LogP contribution is 2.49. The topological polar surface area (TPSA) is 49.8 Å². The molecule has 0 N–H and O–H groups in total. The van der Waals surface area contributed by atoms with Crippen LogP contribution in [0.1, 0.15) is 5.56 Å². The number of hydrogen-bond acceptors (Lipinski definition) is 2. The summed E-state index contributed by atoms with van der Waals surface area (Å²) in [5.74, 6) is 0. The van der Waals surface area contributed by atoms with E-state index in [-0.39, 0.29) is 22.6 Å². The summed E-state index contributed by atoms with van der Waals surface area (Å²) in [7, 11) is 0. The third-order valence-corrected chi connectivity index (χ3v) is 6.37. The Morgan fingerprint density at radius 2 is 1.35 bits per heavy atom. The van der Waals surface area contributed by atoms with E-state index < -0.39 is 0 Å². The summed E-state index contributed by atoms with van der Waals surface area (Å²) < 4.78 is 0. The molecule has 1 heterocycles. The van der Waals surface area contributed by atoms with Crippen LogP contribution in [-0.2, 0) is 0 Å². The average molecular weight is 429 g/mol. The van der Waals surface area contributed by atoms with Gasteiger partial charge in [-0.3, -0.25) is 19.5 Å². The van der Waals surface area contributed by atoms with Gasteiger partial charge in [-0.2, -0.15) is 5.26 Å². The summed E-state index contributed by atoms with van der Waals surface area (Å²) in [4.78, 5) is 15.3. The van der Waals surface area contributed by atoms with Crippen molar-refractivity contribution in [2.75, 3.05) is 0 Å². The molecule has 0 aliphatic rings. The van der Waals surface area contributed by atoms with Crippen LogP contribution in [0.15, 0.2) is 66.9 Å². The maximum absolute atomic E-state index is 9.92. The van der Waals surface area contributed by atoms with Crippen LogP contribution >= 0.6 is 0 Å². The molecule has 0 amide bonds. The van der Waals surface area contributed by atoms with Gasteiger partial charge in [0.1, 0.15) is 0 Å². The standard InChI is InChI=1S/C29H11N5/c1-31-27-23-14-20-18-11-10-16-7-4-5-8-17(16)25(18)26-19(9-6-12-34-26)21(20)13-22(23)24(15-30)28(32-2)29(27)33-3/h4-14H. The van der Waals surface area contributed by atoms with Crippen LogP contribution in [0.25, 0.3) is 68.5 Å². The van der Waals surface area contributed by atoms with Crippen molar-refractivity contribution in [3.8, 4) is 6.07 Å². The smallest absolute Gasteiger partial charge is 0.202 e. The van der Waals surface area contributed by atoms with E-state index in [0.717, 1.165) is 43.2 Å². The SMILES string of the molecule is [C-]#[N+]c1c([N+]#[C-])c([N+]#[C-])c2cc3c(cc2c1C#N)c1cccnc1c1c2ccccc2ccc31. The fraction of sp³-hybridized carbons (Fsp3) is 0. The minimum atomic E-state index is -0.0652. The van der Waals surface area contributed by atoms with E-state index in [4.69, 9.17) is 24.7 Å². The van der Waals surface area contributed by atoms with E-state index in [1.165, 1.54) is 0 Å². The zero-order valence-electron chi connectivity index (χ0n) is 17.6. The quantitative estimate of drug-likeness (QED) is 0.138. The monoisotopic (exact) mass is 429 g/mol. The first kappa shape index (κ1) is 19.2. The number of fused-ring (bicyclic) bond motifs is 9. The van der Waals surface area contributed by atoms with E-state index in [1.807, 2.05) is 36.4 Å². The number of nitriles is 1. The van der Waals surface area contributed by atoms with Gasteiger partial charge in [0.15, 0.2) is 5.69 Å². The normalized spacial score (nSPS) is 10.8. The van der Waals surface area contributed by atoms with Crippen molar-refractivity contribution in [3.63, 3.8) is 0 Å². The molecule has 0 bridgehead atoms. The molecule has 1 aromatic heterocycles. The number of pyridine rings is 1. The molecule has 0 aliphatic carbocycles. The van der Waals surface area contributed by atoms with Gasteiger partial charge in [0.25, 0.3) is 0 Å². The fourth-order valence-electron chi connectivity index (χ4n) is 4.95. The van der Waals surface area contributed by atoms with Crippen molar-refractivity contribution in [2.24, 2.45) is 0 Å². The third kappa shape index (κ3) is 2.36. The van der Waals surface area contributed by atoms with Crippen LogP contribution in [-0.4, -0.2) is 4.98 Å². The summed E-state index contributed by atoms with van der Waals surface area (Å²) in [6.07, 6.45) is 1.77. The van der Waals surface area contributed by atoms with Crippen LogP contribution in [0.4, 0.5) is 17.1 Å². The number of benzene rings is 5. The molecule has 5 aromatic carbocycles.